The first-order valence-corrected chi connectivity index (χ1v) is 14.1. The van der Waals surface area contributed by atoms with Crippen molar-refractivity contribution in [1.82, 2.24) is 5.32 Å². The van der Waals surface area contributed by atoms with E-state index < -0.39 is 59.7 Å². The van der Waals surface area contributed by atoms with Gasteiger partial charge in [0.1, 0.15) is 36.0 Å². The highest BCUT2D eigenvalue weighted by Gasteiger charge is 2.48. The minimum Gasteiger partial charge on any atom is -0.387 e. The van der Waals surface area contributed by atoms with Gasteiger partial charge in [-0.25, -0.2) is 8.78 Å². The number of benzene rings is 2. The number of hydrogen-bond acceptors (Lipinski definition) is 6. The molecule has 10 heteroatoms. The van der Waals surface area contributed by atoms with Crippen molar-refractivity contribution in [3.8, 4) is 0 Å². The van der Waals surface area contributed by atoms with Crippen LogP contribution in [0, 0.1) is 17.0 Å². The van der Waals surface area contributed by atoms with Crippen LogP contribution in [-0.2, 0) is 36.8 Å². The van der Waals surface area contributed by atoms with Crippen LogP contribution in [0.25, 0.3) is 0 Å². The van der Waals surface area contributed by atoms with E-state index in [1.807, 2.05) is 39.0 Å². The lowest BCUT2D eigenvalue weighted by atomic mass is 9.93. The fourth-order valence-corrected chi connectivity index (χ4v) is 5.33. The Labute approximate surface area is 245 Å². The van der Waals surface area contributed by atoms with Crippen LogP contribution in [-0.4, -0.2) is 60.3 Å². The van der Waals surface area contributed by atoms with Crippen molar-refractivity contribution in [1.29, 1.82) is 0 Å². The van der Waals surface area contributed by atoms with Gasteiger partial charge in [-0.3, -0.25) is 9.59 Å². The van der Waals surface area contributed by atoms with Crippen LogP contribution in [0.15, 0.2) is 54.6 Å². The van der Waals surface area contributed by atoms with Gasteiger partial charge >= 0.3 is 0 Å². The van der Waals surface area contributed by atoms with Crippen LogP contribution >= 0.6 is 0 Å². The Balaban J connectivity index is 1.58. The molecule has 1 saturated heterocycles. The van der Waals surface area contributed by atoms with E-state index in [1.54, 1.807) is 32.1 Å². The van der Waals surface area contributed by atoms with E-state index in [0.29, 0.717) is 12.1 Å². The molecule has 2 amide bonds. The van der Waals surface area contributed by atoms with Crippen molar-refractivity contribution in [2.75, 3.05) is 12.0 Å². The molecule has 0 spiro atoms. The smallest absolute Gasteiger partial charge is 0.252 e. The summed E-state index contributed by atoms with van der Waals surface area (Å²) in [5.41, 5.74) is 1.57. The molecule has 228 valence electrons. The summed E-state index contributed by atoms with van der Waals surface area (Å²) in [7, 11) is 1.33. The quantitative estimate of drug-likeness (QED) is 0.466. The molecule has 0 bridgehead atoms. The first-order valence-electron chi connectivity index (χ1n) is 14.1. The summed E-state index contributed by atoms with van der Waals surface area (Å²) in [5, 5.41) is 14.0. The number of nitrogens with zero attached hydrogens (tertiary/aromatic N) is 1. The Kier molecular flexibility index (Phi) is 9.52. The van der Waals surface area contributed by atoms with E-state index in [-0.39, 0.29) is 23.9 Å². The number of aryl methyl sites for hydroxylation is 1. The third-order valence-corrected chi connectivity index (χ3v) is 7.24. The van der Waals surface area contributed by atoms with E-state index in [4.69, 9.17) is 14.2 Å². The van der Waals surface area contributed by atoms with Crippen molar-refractivity contribution in [3.63, 3.8) is 0 Å². The first kappa shape index (κ1) is 31.7. The summed E-state index contributed by atoms with van der Waals surface area (Å²) in [6, 6.07) is 9.42. The number of hydrogen-bond donors (Lipinski definition) is 2. The molecule has 2 aliphatic rings. The van der Waals surface area contributed by atoms with Gasteiger partial charge in [0.05, 0.1) is 6.54 Å². The molecule has 5 atom stereocenters. The summed E-state index contributed by atoms with van der Waals surface area (Å²) in [5.74, 6) is -3.71. The number of aliphatic hydroxyl groups is 1. The number of para-hydroxylation sites is 1. The third-order valence-electron chi connectivity index (χ3n) is 7.24. The summed E-state index contributed by atoms with van der Waals surface area (Å²) < 4.78 is 45.4. The van der Waals surface area contributed by atoms with Gasteiger partial charge in [-0.15, -0.1) is 0 Å². The van der Waals surface area contributed by atoms with Gasteiger partial charge in [0.25, 0.3) is 5.91 Å². The van der Waals surface area contributed by atoms with Crippen LogP contribution < -0.4 is 10.2 Å². The summed E-state index contributed by atoms with van der Waals surface area (Å²) in [4.78, 5) is 29.0. The SMILES string of the molecule is COC(C(=O)NC1CCc2ccccc2N(Cc2cc(F)cc(F)c2)C1=O)[C@@H]1OC(C)(C)O[C@H](/C=C/C(C)(C)C)[C@@H]1O. The lowest BCUT2D eigenvalue weighted by molar-refractivity contribution is -0.334. The molecule has 0 aliphatic carbocycles. The van der Waals surface area contributed by atoms with Crippen LogP contribution in [0.3, 0.4) is 0 Å². The Bertz CT molecular complexity index is 1300. The Morgan fingerprint density at radius 3 is 2.50 bits per heavy atom. The molecule has 2 aliphatic heterocycles. The minimum absolute atomic E-state index is 0.0949. The van der Waals surface area contributed by atoms with Crippen molar-refractivity contribution in [3.05, 3.63) is 77.4 Å². The maximum atomic E-state index is 14.0. The Hall–Kier alpha value is -3.18. The zero-order chi connectivity index (χ0) is 30.8. The molecule has 2 aromatic rings. The van der Waals surface area contributed by atoms with Gasteiger partial charge in [-0.1, -0.05) is 51.1 Å². The second-order valence-electron chi connectivity index (χ2n) is 12.4. The maximum absolute atomic E-state index is 14.0. The van der Waals surface area contributed by atoms with Crippen molar-refractivity contribution in [2.45, 2.75) is 90.2 Å². The number of nitrogens with one attached hydrogen (secondary N) is 1. The molecule has 0 aromatic heterocycles. The molecular weight excluding hydrogens is 546 g/mol. The number of anilines is 1. The number of rotatable bonds is 7. The standard InChI is InChI=1S/C32H40F2N2O6/c1-31(2,3)14-13-25-26(37)27(42-32(4,5)41-25)28(40-6)29(38)35-23-12-11-20-9-7-8-10-24(20)36(30(23)39)18-19-15-21(33)17-22(34)16-19/h7-10,13-17,23,25-28,37H,11-12,18H2,1-6H3,(H,35,38)/b14-13+/t23?,25-,26+,27-,28?/m1/s1. The van der Waals surface area contributed by atoms with Crippen LogP contribution in [0.2, 0.25) is 0 Å². The maximum Gasteiger partial charge on any atom is 0.252 e. The number of carbonyl (C=O) groups excluding carboxylic acids is 2. The fourth-order valence-electron chi connectivity index (χ4n) is 5.33. The van der Waals surface area contributed by atoms with Gasteiger partial charge < -0.3 is 29.5 Å². The highest BCUT2D eigenvalue weighted by molar-refractivity contribution is 6.00. The lowest BCUT2D eigenvalue weighted by Crippen LogP contribution is -2.62. The topological polar surface area (TPSA) is 97.3 Å². The van der Waals surface area contributed by atoms with Gasteiger partial charge in [0.2, 0.25) is 5.91 Å². The highest BCUT2D eigenvalue weighted by Crippen LogP contribution is 2.32. The van der Waals surface area contributed by atoms with E-state index in [9.17, 15) is 23.5 Å². The number of aliphatic hydroxyl groups excluding tert-OH is 1. The minimum atomic E-state index is -1.27. The van der Waals surface area contributed by atoms with Crippen LogP contribution in [0.4, 0.5) is 14.5 Å². The monoisotopic (exact) mass is 586 g/mol. The molecule has 0 saturated carbocycles. The number of carbonyl (C=O) groups is 2. The van der Waals surface area contributed by atoms with E-state index in [0.717, 1.165) is 11.6 Å². The lowest BCUT2D eigenvalue weighted by Gasteiger charge is -2.45. The second kappa shape index (κ2) is 12.6. The first-order chi connectivity index (χ1) is 19.7. The predicted octanol–water partition coefficient (Wildman–Crippen LogP) is 4.43. The second-order valence-corrected chi connectivity index (χ2v) is 12.4. The number of fused-ring (bicyclic) bond motifs is 1. The van der Waals surface area contributed by atoms with E-state index in [2.05, 4.69) is 5.32 Å². The molecule has 2 unspecified atom stereocenters. The zero-order valence-electron chi connectivity index (χ0n) is 24.9. The van der Waals surface area contributed by atoms with Crippen molar-refractivity contribution >= 4 is 17.5 Å². The van der Waals surface area contributed by atoms with Gasteiger partial charge in [0, 0.05) is 18.9 Å². The molecule has 1 fully saturated rings. The molecule has 2 N–H and O–H groups in total. The summed E-state index contributed by atoms with van der Waals surface area (Å²) in [6.45, 7) is 9.32. The zero-order valence-corrected chi connectivity index (χ0v) is 24.9. The molecule has 4 rings (SSSR count). The average molecular weight is 587 g/mol. The Morgan fingerprint density at radius 2 is 1.86 bits per heavy atom. The number of methoxy groups -OCH3 is 1. The number of ether oxygens (including phenoxy) is 3. The predicted molar refractivity (Wildman–Crippen MR) is 153 cm³/mol. The van der Waals surface area contributed by atoms with Crippen LogP contribution in [0.1, 0.15) is 52.2 Å². The highest BCUT2D eigenvalue weighted by atomic mass is 19.1. The van der Waals surface area contributed by atoms with Crippen molar-refractivity contribution < 1.29 is 37.7 Å². The number of amides is 2. The van der Waals surface area contributed by atoms with E-state index in [1.165, 1.54) is 24.1 Å². The van der Waals surface area contributed by atoms with Gasteiger partial charge in [-0.2, -0.15) is 0 Å². The number of allylic oxidation sites excluding steroid dienone is 1. The average Bonchev–Trinajstić information content (AvgIpc) is 3.01. The molecule has 2 aromatic carbocycles. The Morgan fingerprint density at radius 1 is 1.19 bits per heavy atom. The molecule has 2 heterocycles. The molecule has 42 heavy (non-hydrogen) atoms. The van der Waals surface area contributed by atoms with Crippen LogP contribution in [0.5, 0.6) is 0 Å². The molecular formula is C32H40F2N2O6. The fraction of sp³-hybridized carbons (Fsp3) is 0.500. The van der Waals surface area contributed by atoms with Gasteiger partial charge in [-0.05, 0) is 61.4 Å². The third kappa shape index (κ3) is 7.60. The summed E-state index contributed by atoms with van der Waals surface area (Å²) in [6.07, 6.45) is 0.0670. The largest absolute Gasteiger partial charge is 0.387 e. The van der Waals surface area contributed by atoms with E-state index >= 15 is 0 Å². The normalized spacial score (nSPS) is 25.2. The number of halogens is 2. The van der Waals surface area contributed by atoms with Gasteiger partial charge in [0.15, 0.2) is 11.9 Å². The molecule has 0 radical (unpaired) electrons. The summed E-state index contributed by atoms with van der Waals surface area (Å²) >= 11 is 0. The molecule has 8 nitrogen and oxygen atoms in total. The van der Waals surface area contributed by atoms with Crippen molar-refractivity contribution in [2.24, 2.45) is 5.41 Å².